The molecule has 5 nitrogen and oxygen atoms in total. The van der Waals surface area contributed by atoms with Gasteiger partial charge in [-0.25, -0.2) is 9.97 Å². The predicted molar refractivity (Wildman–Crippen MR) is 119 cm³/mol. The fourth-order valence-corrected chi connectivity index (χ4v) is 5.09. The van der Waals surface area contributed by atoms with Crippen LogP contribution in [0.2, 0.25) is 5.15 Å². The highest BCUT2D eigenvalue weighted by Gasteiger charge is 2.23. The van der Waals surface area contributed by atoms with E-state index in [0.717, 1.165) is 51.3 Å². The highest BCUT2D eigenvalue weighted by molar-refractivity contribution is 7.99. The van der Waals surface area contributed by atoms with Gasteiger partial charge in [-0.05, 0) is 43.6 Å². The fraction of sp³-hybridized carbons (Fsp3) is 0.500. The number of carbonyl (C=O) groups is 1. The Kier molecular flexibility index (Phi) is 6.93. The van der Waals surface area contributed by atoms with Crippen LogP contribution in [-0.2, 0) is 11.2 Å². The van der Waals surface area contributed by atoms with Gasteiger partial charge in [-0.3, -0.25) is 4.79 Å². The number of rotatable bonds is 6. The molecule has 2 aromatic rings. The molecule has 29 heavy (non-hydrogen) atoms. The Hall–Kier alpha value is -1.79. The molecule has 7 heteroatoms. The molecule has 2 aliphatic rings. The zero-order valence-electron chi connectivity index (χ0n) is 16.6. The van der Waals surface area contributed by atoms with E-state index in [1.807, 2.05) is 11.0 Å². The van der Waals surface area contributed by atoms with Gasteiger partial charge >= 0.3 is 0 Å². The zero-order chi connectivity index (χ0) is 20.1. The highest BCUT2D eigenvalue weighted by atomic mass is 35.5. The molecule has 1 aromatic heterocycles. The van der Waals surface area contributed by atoms with Gasteiger partial charge in [-0.2, -0.15) is 0 Å². The van der Waals surface area contributed by atoms with Gasteiger partial charge in [0.15, 0.2) is 5.16 Å². The van der Waals surface area contributed by atoms with Crippen LogP contribution in [0.15, 0.2) is 41.6 Å². The minimum atomic E-state index is 0.166. The topological polar surface area (TPSA) is 49.3 Å². The second kappa shape index (κ2) is 9.81. The van der Waals surface area contributed by atoms with Crippen molar-refractivity contribution in [3.8, 4) is 0 Å². The van der Waals surface area contributed by atoms with E-state index in [-0.39, 0.29) is 5.91 Å². The van der Waals surface area contributed by atoms with Crippen LogP contribution in [0.4, 0.5) is 5.82 Å². The van der Waals surface area contributed by atoms with Gasteiger partial charge < -0.3 is 9.80 Å². The highest BCUT2D eigenvalue weighted by Crippen LogP contribution is 2.26. The Balaban J connectivity index is 1.26. The molecular weight excluding hydrogens is 404 g/mol. The monoisotopic (exact) mass is 430 g/mol. The SMILES string of the molecule is O=C(CSc1nc(Cl)cc(N2CCCC2)n1)N1CCC(Cc2ccccc2)CC1. The number of anilines is 1. The molecule has 1 aromatic carbocycles. The Bertz CT molecular complexity index is 821. The van der Waals surface area contributed by atoms with E-state index in [1.54, 1.807) is 0 Å². The third-order valence-corrected chi connectivity index (χ3v) is 6.78. The summed E-state index contributed by atoms with van der Waals surface area (Å²) in [4.78, 5) is 25.8. The molecule has 0 atom stereocenters. The van der Waals surface area contributed by atoms with Gasteiger partial charge in [-0.1, -0.05) is 53.7 Å². The van der Waals surface area contributed by atoms with Crippen LogP contribution in [-0.4, -0.2) is 52.7 Å². The molecule has 0 saturated carbocycles. The first-order valence-electron chi connectivity index (χ1n) is 10.4. The number of likely N-dealkylation sites (tertiary alicyclic amines) is 1. The van der Waals surface area contributed by atoms with Gasteiger partial charge in [0.1, 0.15) is 11.0 Å². The van der Waals surface area contributed by atoms with Crippen LogP contribution < -0.4 is 4.90 Å². The summed E-state index contributed by atoms with van der Waals surface area (Å²) in [5, 5.41) is 1.03. The van der Waals surface area contributed by atoms with E-state index < -0.39 is 0 Å². The fourth-order valence-electron chi connectivity index (χ4n) is 4.11. The largest absolute Gasteiger partial charge is 0.356 e. The Labute approximate surface area is 181 Å². The number of hydrogen-bond donors (Lipinski definition) is 0. The first kappa shape index (κ1) is 20.5. The van der Waals surface area contributed by atoms with Crippen molar-refractivity contribution in [2.24, 2.45) is 5.92 Å². The molecule has 2 fully saturated rings. The molecule has 2 saturated heterocycles. The summed E-state index contributed by atoms with van der Waals surface area (Å²) in [6.45, 7) is 3.70. The number of hydrogen-bond acceptors (Lipinski definition) is 5. The number of halogens is 1. The molecule has 2 aliphatic heterocycles. The van der Waals surface area contributed by atoms with E-state index >= 15 is 0 Å². The second-order valence-corrected chi connectivity index (χ2v) is 9.16. The maximum absolute atomic E-state index is 12.7. The molecule has 4 rings (SSSR count). The average molecular weight is 431 g/mol. The van der Waals surface area contributed by atoms with Crippen LogP contribution in [0, 0.1) is 5.92 Å². The number of carbonyl (C=O) groups excluding carboxylic acids is 1. The van der Waals surface area contributed by atoms with Gasteiger partial charge in [0.25, 0.3) is 0 Å². The lowest BCUT2D eigenvalue weighted by Crippen LogP contribution is -2.39. The van der Waals surface area contributed by atoms with Crippen molar-refractivity contribution in [3.63, 3.8) is 0 Å². The van der Waals surface area contributed by atoms with Crippen LogP contribution in [0.3, 0.4) is 0 Å². The summed E-state index contributed by atoms with van der Waals surface area (Å²) in [6, 6.07) is 12.4. The first-order chi connectivity index (χ1) is 14.2. The van der Waals surface area contributed by atoms with Crippen LogP contribution in [0.1, 0.15) is 31.2 Å². The lowest BCUT2D eigenvalue weighted by Gasteiger charge is -2.32. The number of aromatic nitrogens is 2. The molecule has 3 heterocycles. The second-order valence-electron chi connectivity index (χ2n) is 7.83. The minimum Gasteiger partial charge on any atom is -0.356 e. The van der Waals surface area contributed by atoms with Gasteiger partial charge in [0, 0.05) is 32.2 Å². The number of nitrogens with zero attached hydrogens (tertiary/aromatic N) is 4. The van der Waals surface area contributed by atoms with Gasteiger partial charge in [0.2, 0.25) is 5.91 Å². The molecule has 0 spiro atoms. The molecule has 0 aliphatic carbocycles. The normalized spacial score (nSPS) is 17.7. The van der Waals surface area contributed by atoms with Crippen molar-refractivity contribution in [3.05, 3.63) is 47.1 Å². The molecule has 154 valence electrons. The van der Waals surface area contributed by atoms with E-state index in [0.29, 0.717) is 22.0 Å². The Morgan fingerprint density at radius 2 is 1.79 bits per heavy atom. The van der Waals surface area contributed by atoms with Gasteiger partial charge in [-0.15, -0.1) is 0 Å². The van der Waals surface area contributed by atoms with Gasteiger partial charge in [0.05, 0.1) is 5.75 Å². The predicted octanol–water partition coefficient (Wildman–Crippen LogP) is 4.30. The van der Waals surface area contributed by atoms with E-state index in [9.17, 15) is 4.79 Å². The number of piperidine rings is 1. The number of thioether (sulfide) groups is 1. The number of benzene rings is 1. The van der Waals surface area contributed by atoms with Crippen molar-refractivity contribution in [1.29, 1.82) is 0 Å². The minimum absolute atomic E-state index is 0.166. The summed E-state index contributed by atoms with van der Waals surface area (Å²) in [5.41, 5.74) is 1.39. The first-order valence-corrected chi connectivity index (χ1v) is 11.8. The summed E-state index contributed by atoms with van der Waals surface area (Å²) < 4.78 is 0. The number of amides is 1. The van der Waals surface area contributed by atoms with Crippen molar-refractivity contribution in [2.45, 2.75) is 37.3 Å². The van der Waals surface area contributed by atoms with Crippen LogP contribution >= 0.6 is 23.4 Å². The summed E-state index contributed by atoms with van der Waals surface area (Å²) >= 11 is 7.58. The lowest BCUT2D eigenvalue weighted by molar-refractivity contribution is -0.129. The standard InChI is InChI=1S/C22H27ClN4OS/c23-19-15-20(26-10-4-5-11-26)25-22(24-19)29-16-21(28)27-12-8-18(9-13-27)14-17-6-2-1-3-7-17/h1-3,6-7,15,18H,4-5,8-14,16H2. The Morgan fingerprint density at radius 1 is 1.07 bits per heavy atom. The van der Waals surface area contributed by atoms with E-state index in [1.165, 1.54) is 30.2 Å². The van der Waals surface area contributed by atoms with Crippen molar-refractivity contribution >= 4 is 35.1 Å². The van der Waals surface area contributed by atoms with Crippen LogP contribution in [0.5, 0.6) is 0 Å². The summed E-state index contributed by atoms with van der Waals surface area (Å²) in [5.74, 6) is 2.07. The average Bonchev–Trinajstić information content (AvgIpc) is 3.28. The van der Waals surface area contributed by atoms with E-state index in [2.05, 4.69) is 45.2 Å². The smallest absolute Gasteiger partial charge is 0.233 e. The maximum Gasteiger partial charge on any atom is 0.233 e. The molecule has 1 amide bonds. The van der Waals surface area contributed by atoms with Crippen molar-refractivity contribution in [2.75, 3.05) is 36.8 Å². The molecule has 0 bridgehead atoms. The molecule has 0 unspecified atom stereocenters. The summed E-state index contributed by atoms with van der Waals surface area (Å²) in [6.07, 6.45) is 5.61. The third-order valence-electron chi connectivity index (χ3n) is 5.75. The zero-order valence-corrected chi connectivity index (χ0v) is 18.2. The summed E-state index contributed by atoms with van der Waals surface area (Å²) in [7, 11) is 0. The van der Waals surface area contributed by atoms with Crippen molar-refractivity contribution < 1.29 is 4.79 Å². The van der Waals surface area contributed by atoms with Crippen molar-refractivity contribution in [1.82, 2.24) is 14.9 Å². The van der Waals surface area contributed by atoms with E-state index in [4.69, 9.17) is 11.6 Å². The molecular formula is C22H27ClN4OS. The van der Waals surface area contributed by atoms with Crippen LogP contribution in [0.25, 0.3) is 0 Å². The quantitative estimate of drug-likeness (QED) is 0.388. The lowest BCUT2D eigenvalue weighted by atomic mass is 9.90. The third kappa shape index (κ3) is 5.64. The Morgan fingerprint density at radius 3 is 2.52 bits per heavy atom. The molecule has 0 radical (unpaired) electrons. The maximum atomic E-state index is 12.7. The molecule has 0 N–H and O–H groups in total.